The van der Waals surface area contributed by atoms with Crippen LogP contribution in [0.3, 0.4) is 0 Å². The van der Waals surface area contributed by atoms with Crippen LogP contribution in [0.5, 0.6) is 5.75 Å². The first-order valence-electron chi connectivity index (χ1n) is 7.11. The van der Waals surface area contributed by atoms with Gasteiger partial charge in [-0.2, -0.15) is 0 Å². The molecule has 0 aromatic heterocycles. The van der Waals surface area contributed by atoms with Crippen LogP contribution in [0, 0.1) is 5.82 Å². The number of hydrogen-bond acceptors (Lipinski definition) is 3. The highest BCUT2D eigenvalue weighted by Crippen LogP contribution is 2.31. The third-order valence-electron chi connectivity index (χ3n) is 3.35. The van der Waals surface area contributed by atoms with Crippen molar-refractivity contribution in [3.63, 3.8) is 0 Å². The first-order valence-corrected chi connectivity index (χ1v) is 7.91. The molecule has 0 bridgehead atoms. The van der Waals surface area contributed by atoms with E-state index in [1.165, 1.54) is 12.1 Å². The van der Waals surface area contributed by atoms with Crippen LogP contribution in [-0.2, 0) is 4.74 Å². The van der Waals surface area contributed by atoms with Crippen LogP contribution in [0.2, 0.25) is 0 Å². The lowest BCUT2D eigenvalue weighted by Crippen LogP contribution is -2.61. The van der Waals surface area contributed by atoms with Crippen molar-refractivity contribution < 1.29 is 13.9 Å². The van der Waals surface area contributed by atoms with E-state index in [1.54, 1.807) is 6.07 Å². The summed E-state index contributed by atoms with van der Waals surface area (Å²) in [7, 11) is 0. The minimum Gasteiger partial charge on any atom is -0.487 e. The number of nitrogens with one attached hydrogen (secondary N) is 1. The second-order valence-electron chi connectivity index (χ2n) is 5.00. The molecule has 3 unspecified atom stereocenters. The van der Waals surface area contributed by atoms with Gasteiger partial charge in [-0.3, -0.25) is 0 Å². The van der Waals surface area contributed by atoms with Crippen molar-refractivity contribution in [2.24, 2.45) is 0 Å². The van der Waals surface area contributed by atoms with E-state index in [1.807, 2.05) is 0 Å². The molecule has 0 spiro atoms. The van der Waals surface area contributed by atoms with Crippen LogP contribution in [0.15, 0.2) is 22.7 Å². The summed E-state index contributed by atoms with van der Waals surface area (Å²) >= 11 is 3.27. The Labute approximate surface area is 128 Å². The number of benzene rings is 1. The first-order chi connectivity index (χ1) is 9.63. The van der Waals surface area contributed by atoms with Crippen LogP contribution >= 0.6 is 15.9 Å². The summed E-state index contributed by atoms with van der Waals surface area (Å²) in [6, 6.07) is 4.93. The van der Waals surface area contributed by atoms with Gasteiger partial charge < -0.3 is 14.8 Å². The summed E-state index contributed by atoms with van der Waals surface area (Å²) in [6.07, 6.45) is 1.89. The molecule has 1 aromatic carbocycles. The summed E-state index contributed by atoms with van der Waals surface area (Å²) in [5.74, 6) is 0.241. The fraction of sp³-hybridized carbons (Fsp3) is 0.600. The first kappa shape index (κ1) is 15.7. The van der Waals surface area contributed by atoms with Crippen molar-refractivity contribution >= 4 is 15.9 Å². The summed E-state index contributed by atoms with van der Waals surface area (Å²) in [6.45, 7) is 5.80. The molecular weight excluding hydrogens is 325 g/mol. The number of ether oxygens (including phenoxy) is 2. The van der Waals surface area contributed by atoms with Gasteiger partial charge in [-0.15, -0.1) is 0 Å². The second-order valence-corrected chi connectivity index (χ2v) is 5.91. The van der Waals surface area contributed by atoms with E-state index in [2.05, 4.69) is 35.1 Å². The Balaban J connectivity index is 1.97. The fourth-order valence-corrected chi connectivity index (χ4v) is 2.85. The van der Waals surface area contributed by atoms with E-state index >= 15 is 0 Å². The highest BCUT2D eigenvalue weighted by atomic mass is 79.9. The van der Waals surface area contributed by atoms with Crippen molar-refractivity contribution in [1.82, 2.24) is 5.32 Å². The molecule has 20 heavy (non-hydrogen) atoms. The fourth-order valence-electron chi connectivity index (χ4n) is 2.41. The van der Waals surface area contributed by atoms with Gasteiger partial charge in [0.05, 0.1) is 0 Å². The zero-order chi connectivity index (χ0) is 14.5. The van der Waals surface area contributed by atoms with Gasteiger partial charge in [-0.25, -0.2) is 4.39 Å². The van der Waals surface area contributed by atoms with Gasteiger partial charge in [0.25, 0.3) is 0 Å². The van der Waals surface area contributed by atoms with E-state index < -0.39 is 0 Å². The Kier molecular flexibility index (Phi) is 5.81. The van der Waals surface area contributed by atoms with Crippen LogP contribution in [0.1, 0.15) is 26.7 Å². The van der Waals surface area contributed by atoms with Gasteiger partial charge in [0.2, 0.25) is 0 Å². The maximum absolute atomic E-state index is 13.3. The molecule has 112 valence electrons. The topological polar surface area (TPSA) is 30.5 Å². The molecule has 1 saturated carbocycles. The van der Waals surface area contributed by atoms with Crippen molar-refractivity contribution in [3.05, 3.63) is 28.5 Å². The van der Waals surface area contributed by atoms with E-state index in [0.717, 1.165) is 26.0 Å². The van der Waals surface area contributed by atoms with Gasteiger partial charge in [0, 0.05) is 29.6 Å². The van der Waals surface area contributed by atoms with Crippen molar-refractivity contribution in [2.75, 3.05) is 13.2 Å². The molecule has 3 nitrogen and oxygen atoms in total. The maximum atomic E-state index is 13.3. The Morgan fingerprint density at radius 1 is 1.35 bits per heavy atom. The lowest BCUT2D eigenvalue weighted by Gasteiger charge is -2.44. The second kappa shape index (κ2) is 7.38. The Bertz CT molecular complexity index is 424. The molecule has 5 heteroatoms. The quantitative estimate of drug-likeness (QED) is 0.820. The van der Waals surface area contributed by atoms with E-state index in [9.17, 15) is 4.39 Å². The van der Waals surface area contributed by atoms with Crippen LogP contribution in [0.25, 0.3) is 0 Å². The van der Waals surface area contributed by atoms with E-state index in [4.69, 9.17) is 9.47 Å². The average Bonchev–Trinajstić information content (AvgIpc) is 2.36. The Hall–Kier alpha value is -0.650. The molecular formula is C15H21BrFNO2. The molecule has 1 aliphatic carbocycles. The lowest BCUT2D eigenvalue weighted by atomic mass is 9.85. The summed E-state index contributed by atoms with van der Waals surface area (Å²) < 4.78 is 25.7. The molecule has 0 saturated heterocycles. The maximum Gasteiger partial charge on any atom is 0.128 e. The predicted octanol–water partition coefficient (Wildman–Crippen LogP) is 3.51. The van der Waals surface area contributed by atoms with Crippen molar-refractivity contribution in [3.8, 4) is 5.75 Å². The summed E-state index contributed by atoms with van der Waals surface area (Å²) in [5, 5.41) is 3.39. The van der Waals surface area contributed by atoms with Gasteiger partial charge in [-0.1, -0.05) is 29.8 Å². The molecule has 1 aromatic rings. The van der Waals surface area contributed by atoms with E-state index in [0.29, 0.717) is 16.3 Å². The zero-order valence-electron chi connectivity index (χ0n) is 11.9. The molecule has 1 aliphatic rings. The summed E-state index contributed by atoms with van der Waals surface area (Å²) in [5.41, 5.74) is 0. The highest BCUT2D eigenvalue weighted by molar-refractivity contribution is 9.10. The molecule has 0 amide bonds. The SMILES string of the molecule is CCCOC1C(NCC)CC1Oc1cc(F)cc(Br)c1. The molecule has 0 aliphatic heterocycles. The van der Waals surface area contributed by atoms with Crippen LogP contribution < -0.4 is 10.1 Å². The van der Waals surface area contributed by atoms with E-state index in [-0.39, 0.29) is 18.0 Å². The third-order valence-corrected chi connectivity index (χ3v) is 3.81. The molecule has 1 fully saturated rings. The smallest absolute Gasteiger partial charge is 0.128 e. The molecule has 0 radical (unpaired) electrons. The largest absolute Gasteiger partial charge is 0.487 e. The number of hydrogen-bond donors (Lipinski definition) is 1. The number of halogens is 2. The average molecular weight is 346 g/mol. The number of likely N-dealkylation sites (N-methyl/N-ethyl adjacent to an activating group) is 1. The number of rotatable bonds is 7. The Morgan fingerprint density at radius 2 is 2.15 bits per heavy atom. The standard InChI is InChI=1S/C15H21BrFNO2/c1-3-5-19-15-13(18-4-2)9-14(15)20-12-7-10(16)6-11(17)8-12/h6-8,13-15,18H,3-5,9H2,1-2H3. The monoisotopic (exact) mass is 345 g/mol. The molecule has 0 heterocycles. The van der Waals surface area contributed by atoms with Crippen LogP contribution in [-0.4, -0.2) is 31.4 Å². The third kappa shape index (κ3) is 3.93. The summed E-state index contributed by atoms with van der Waals surface area (Å²) in [4.78, 5) is 0. The van der Waals surface area contributed by atoms with Crippen molar-refractivity contribution in [1.29, 1.82) is 0 Å². The molecule has 1 N–H and O–H groups in total. The minimum absolute atomic E-state index is 0.0145. The minimum atomic E-state index is -0.303. The predicted molar refractivity (Wildman–Crippen MR) is 80.6 cm³/mol. The van der Waals surface area contributed by atoms with Crippen LogP contribution in [0.4, 0.5) is 4.39 Å². The Morgan fingerprint density at radius 3 is 2.80 bits per heavy atom. The normalized spacial score (nSPS) is 25.3. The molecule has 3 atom stereocenters. The highest BCUT2D eigenvalue weighted by Gasteiger charge is 2.43. The molecule has 2 rings (SSSR count). The van der Waals surface area contributed by atoms with Gasteiger partial charge in [0.1, 0.15) is 23.8 Å². The lowest BCUT2D eigenvalue weighted by molar-refractivity contribution is -0.107. The van der Waals surface area contributed by atoms with Gasteiger partial charge in [-0.05, 0) is 25.1 Å². The van der Waals surface area contributed by atoms with Gasteiger partial charge >= 0.3 is 0 Å². The van der Waals surface area contributed by atoms with Crippen molar-refractivity contribution in [2.45, 2.75) is 44.9 Å². The van der Waals surface area contributed by atoms with Gasteiger partial charge in [0.15, 0.2) is 0 Å². The zero-order valence-corrected chi connectivity index (χ0v) is 13.5.